The number of carbonyl (C=O) groups excluding carboxylic acids is 1. The number of urea groups is 1. The molecule has 1 N–H and O–H groups in total. The van der Waals surface area contributed by atoms with E-state index in [1.165, 1.54) is 6.21 Å². The van der Waals surface area contributed by atoms with Gasteiger partial charge in [0.2, 0.25) is 0 Å². The van der Waals surface area contributed by atoms with Crippen LogP contribution in [0, 0.1) is 0 Å². The van der Waals surface area contributed by atoms with Crippen LogP contribution < -0.4 is 5.32 Å². The molecule has 0 fully saturated rings. The predicted molar refractivity (Wildman–Crippen MR) is 33.8 cm³/mol. The molecule has 2 aliphatic heterocycles. The van der Waals surface area contributed by atoms with Crippen LogP contribution >= 0.6 is 0 Å². The summed E-state index contributed by atoms with van der Waals surface area (Å²) >= 11 is 0. The quantitative estimate of drug-likeness (QED) is 0.516. The molecule has 0 bridgehead atoms. The van der Waals surface area contributed by atoms with Gasteiger partial charge in [-0.25, -0.2) is 9.79 Å². The van der Waals surface area contributed by atoms with Crippen LogP contribution in [-0.2, 0) is 0 Å². The molecule has 0 radical (unpaired) electrons. The predicted octanol–water partition coefficient (Wildman–Crippen LogP) is 0.456. The Morgan fingerprint density at radius 3 is 3.40 bits per heavy atom. The summed E-state index contributed by atoms with van der Waals surface area (Å²) in [5.41, 5.74) is 0.833. The van der Waals surface area contributed by atoms with Crippen LogP contribution in [0.5, 0.6) is 0 Å². The summed E-state index contributed by atoms with van der Waals surface area (Å²) in [4.78, 5) is 14.1. The molecule has 0 spiro atoms. The summed E-state index contributed by atoms with van der Waals surface area (Å²) < 4.78 is 0. The van der Waals surface area contributed by atoms with Crippen LogP contribution in [0.1, 0.15) is 0 Å². The van der Waals surface area contributed by atoms with E-state index in [1.807, 2.05) is 0 Å². The van der Waals surface area contributed by atoms with Crippen LogP contribution in [0.3, 0.4) is 0 Å². The molecule has 2 aliphatic rings. The van der Waals surface area contributed by atoms with E-state index in [2.05, 4.69) is 20.5 Å². The van der Waals surface area contributed by atoms with Crippen molar-refractivity contribution in [2.45, 2.75) is 6.17 Å². The Balaban J connectivity index is 2.35. The molecule has 1 unspecified atom stereocenters. The van der Waals surface area contributed by atoms with Crippen LogP contribution in [0.25, 0.3) is 0 Å². The van der Waals surface area contributed by atoms with Gasteiger partial charge in [0.25, 0.3) is 0 Å². The van der Waals surface area contributed by atoms with Gasteiger partial charge in [0, 0.05) is 11.8 Å². The largest absolute Gasteiger partial charge is 0.342 e. The average molecular weight is 136 g/mol. The third kappa shape index (κ3) is 0.637. The fourth-order valence-electron chi connectivity index (χ4n) is 0.807. The monoisotopic (exact) mass is 136 g/mol. The number of amides is 2. The smallest absolute Gasteiger partial charge is 0.309 e. The minimum absolute atomic E-state index is 0.287. The maximum Gasteiger partial charge on any atom is 0.342 e. The third-order valence-corrected chi connectivity index (χ3v) is 1.30. The number of nitrogens with one attached hydrogen (secondary N) is 1. The average Bonchev–Trinajstić information content (AvgIpc) is 2.33. The van der Waals surface area contributed by atoms with Gasteiger partial charge in [-0.2, -0.15) is 10.2 Å². The van der Waals surface area contributed by atoms with Gasteiger partial charge in [0.15, 0.2) is 6.17 Å². The lowest BCUT2D eigenvalue weighted by molar-refractivity contribution is 0.246. The molecular formula is C5H4N4O. The fourth-order valence-corrected chi connectivity index (χ4v) is 0.807. The first-order chi connectivity index (χ1) is 4.86. The van der Waals surface area contributed by atoms with Gasteiger partial charge in [-0.05, 0) is 0 Å². The normalized spacial score (nSPS) is 27.8. The van der Waals surface area contributed by atoms with Crippen molar-refractivity contribution < 1.29 is 4.79 Å². The molecule has 5 heteroatoms. The second-order valence-corrected chi connectivity index (χ2v) is 1.97. The molecule has 0 aromatic carbocycles. The summed E-state index contributed by atoms with van der Waals surface area (Å²) in [6.07, 6.45) is 2.77. The summed E-state index contributed by atoms with van der Waals surface area (Å²) in [6.45, 7) is 0. The lowest BCUT2D eigenvalue weighted by Gasteiger charge is -2.11. The highest BCUT2D eigenvalue weighted by atomic mass is 16.2. The number of rotatable bonds is 0. The van der Waals surface area contributed by atoms with Crippen LogP contribution in [-0.4, -0.2) is 18.4 Å². The zero-order valence-electron chi connectivity index (χ0n) is 4.98. The first-order valence-corrected chi connectivity index (χ1v) is 2.81. The Morgan fingerprint density at radius 1 is 1.60 bits per heavy atom. The van der Waals surface area contributed by atoms with Gasteiger partial charge < -0.3 is 5.32 Å². The molecular weight excluding hydrogens is 132 g/mol. The summed E-state index contributed by atoms with van der Waals surface area (Å²) in [7, 11) is 0. The molecule has 2 amide bonds. The van der Waals surface area contributed by atoms with Gasteiger partial charge in [-0.15, -0.1) is 0 Å². The van der Waals surface area contributed by atoms with Gasteiger partial charge in [-0.1, -0.05) is 0 Å². The van der Waals surface area contributed by atoms with Crippen LogP contribution in [0.15, 0.2) is 27.0 Å². The van der Waals surface area contributed by atoms with Crippen molar-refractivity contribution >= 4 is 12.2 Å². The van der Waals surface area contributed by atoms with Crippen molar-refractivity contribution in [3.05, 3.63) is 11.8 Å². The Kier molecular flexibility index (Phi) is 0.913. The number of carbonyl (C=O) groups is 1. The number of nitrogens with zero attached hydrogens (tertiary/aromatic N) is 3. The fraction of sp³-hybridized carbons (Fsp3) is 0.200. The summed E-state index contributed by atoms with van der Waals surface area (Å²) in [5, 5.41) is 9.85. The molecule has 0 aromatic rings. The molecule has 50 valence electrons. The standard InChI is InChI=1S/C5H4N4O/c10-5-6-1-3-2-7-9-4(3)8-5/h1-2,4H,(H,8,10). The van der Waals surface area contributed by atoms with E-state index in [1.54, 1.807) is 6.20 Å². The minimum Gasteiger partial charge on any atom is -0.309 e. The Hall–Kier alpha value is -1.52. The van der Waals surface area contributed by atoms with E-state index >= 15 is 0 Å². The van der Waals surface area contributed by atoms with E-state index in [0.717, 1.165) is 5.57 Å². The van der Waals surface area contributed by atoms with Crippen molar-refractivity contribution in [2.75, 3.05) is 0 Å². The molecule has 5 nitrogen and oxygen atoms in total. The molecule has 0 saturated carbocycles. The van der Waals surface area contributed by atoms with E-state index in [9.17, 15) is 4.79 Å². The number of fused-ring (bicyclic) bond motifs is 1. The van der Waals surface area contributed by atoms with Crippen molar-refractivity contribution in [3.8, 4) is 0 Å². The maximum absolute atomic E-state index is 10.6. The van der Waals surface area contributed by atoms with Crippen molar-refractivity contribution in [1.29, 1.82) is 0 Å². The minimum atomic E-state index is -0.358. The second-order valence-electron chi connectivity index (χ2n) is 1.97. The number of azo groups is 1. The van der Waals surface area contributed by atoms with E-state index < -0.39 is 0 Å². The highest BCUT2D eigenvalue weighted by molar-refractivity contribution is 5.95. The number of hydrogen-bond acceptors (Lipinski definition) is 3. The number of aliphatic imine (C=N–C) groups is 1. The Labute approximate surface area is 56.6 Å². The van der Waals surface area contributed by atoms with Gasteiger partial charge >= 0.3 is 6.03 Å². The molecule has 0 aromatic heterocycles. The second kappa shape index (κ2) is 1.73. The zero-order chi connectivity index (χ0) is 6.97. The summed E-state index contributed by atoms with van der Waals surface area (Å²) in [5.74, 6) is 0. The highest BCUT2D eigenvalue weighted by Gasteiger charge is 2.21. The third-order valence-electron chi connectivity index (χ3n) is 1.30. The van der Waals surface area contributed by atoms with Gasteiger partial charge in [0.05, 0.1) is 6.20 Å². The van der Waals surface area contributed by atoms with Gasteiger partial charge in [-0.3, -0.25) is 0 Å². The molecule has 0 aliphatic carbocycles. The maximum atomic E-state index is 10.6. The first kappa shape index (κ1) is 5.28. The lowest BCUT2D eigenvalue weighted by atomic mass is 10.2. The van der Waals surface area contributed by atoms with E-state index in [0.29, 0.717) is 0 Å². The Morgan fingerprint density at radius 2 is 2.50 bits per heavy atom. The lowest BCUT2D eigenvalue weighted by Crippen LogP contribution is -2.35. The SMILES string of the molecule is O=C1N=CC2=CN=NC2N1. The topological polar surface area (TPSA) is 66.2 Å². The molecule has 10 heavy (non-hydrogen) atoms. The van der Waals surface area contributed by atoms with Crippen LogP contribution in [0.4, 0.5) is 4.79 Å². The summed E-state index contributed by atoms with van der Waals surface area (Å²) in [6, 6.07) is -0.358. The van der Waals surface area contributed by atoms with E-state index in [4.69, 9.17) is 0 Å². The molecule has 1 atom stereocenters. The Bertz CT molecular complexity index is 265. The highest BCUT2D eigenvalue weighted by Crippen LogP contribution is 2.12. The van der Waals surface area contributed by atoms with Crippen LogP contribution in [0.2, 0.25) is 0 Å². The number of hydrogen-bond donors (Lipinski definition) is 1. The first-order valence-electron chi connectivity index (χ1n) is 2.81. The zero-order valence-corrected chi connectivity index (χ0v) is 4.98. The van der Waals surface area contributed by atoms with Crippen molar-refractivity contribution in [1.82, 2.24) is 5.32 Å². The van der Waals surface area contributed by atoms with Crippen molar-refractivity contribution in [3.63, 3.8) is 0 Å². The van der Waals surface area contributed by atoms with Gasteiger partial charge in [0.1, 0.15) is 0 Å². The van der Waals surface area contributed by atoms with Crippen molar-refractivity contribution in [2.24, 2.45) is 15.2 Å². The molecule has 2 rings (SSSR count). The molecule has 2 heterocycles. The van der Waals surface area contributed by atoms with E-state index in [-0.39, 0.29) is 12.2 Å². The molecule has 0 saturated heterocycles.